The predicted octanol–water partition coefficient (Wildman–Crippen LogP) is 1.33. The van der Waals surface area contributed by atoms with Crippen molar-refractivity contribution in [2.45, 2.75) is 20.3 Å². The fraction of sp³-hybridized carbons (Fsp3) is 0.615. The van der Waals surface area contributed by atoms with Crippen molar-refractivity contribution in [3.8, 4) is 0 Å². The highest BCUT2D eigenvalue weighted by molar-refractivity contribution is 6.08. The zero-order valence-electron chi connectivity index (χ0n) is 10.2. The molecule has 0 amide bonds. The molecule has 1 fully saturated rings. The summed E-state index contributed by atoms with van der Waals surface area (Å²) in [5.74, 6) is 0.140. The van der Waals surface area contributed by atoms with E-state index in [2.05, 4.69) is 36.7 Å². The minimum absolute atomic E-state index is 0.0607. The van der Waals surface area contributed by atoms with Crippen molar-refractivity contribution in [3.63, 3.8) is 0 Å². The van der Waals surface area contributed by atoms with Crippen LogP contribution in [0, 0.1) is 5.41 Å². The molecule has 0 radical (unpaired) electrons. The molecule has 0 bridgehead atoms. The minimum atomic E-state index is 0.0607. The molecule has 3 heteroatoms. The van der Waals surface area contributed by atoms with Gasteiger partial charge in [0.25, 0.3) is 0 Å². The summed E-state index contributed by atoms with van der Waals surface area (Å²) in [5.41, 5.74) is 1.68. The molecular formula is C13H20N2O. The van der Waals surface area contributed by atoms with Gasteiger partial charge in [-0.25, -0.2) is 0 Å². The van der Waals surface area contributed by atoms with Crippen LogP contribution in [-0.2, 0) is 4.79 Å². The van der Waals surface area contributed by atoms with Gasteiger partial charge >= 0.3 is 0 Å². The van der Waals surface area contributed by atoms with Gasteiger partial charge in [0.05, 0.1) is 5.70 Å². The highest BCUT2D eigenvalue weighted by atomic mass is 16.1. The van der Waals surface area contributed by atoms with Gasteiger partial charge in [-0.3, -0.25) is 4.79 Å². The van der Waals surface area contributed by atoms with Crippen molar-refractivity contribution in [2.24, 2.45) is 5.41 Å². The zero-order valence-corrected chi connectivity index (χ0v) is 10.2. The smallest absolute Gasteiger partial charge is 0.204 e. The van der Waals surface area contributed by atoms with Gasteiger partial charge in [0.1, 0.15) is 0 Å². The Bertz CT molecular complexity index is 349. The first-order valence-electron chi connectivity index (χ1n) is 5.91. The molecule has 0 aromatic heterocycles. The summed E-state index contributed by atoms with van der Waals surface area (Å²) in [4.78, 5) is 14.3. The standard InChI is InChI=1S/C13H20N2O/c1-10-8-13(2,3)9-11(12(10)16)15-6-4-14-5-7-15/h9,14H,1,4-8H2,2-3H3. The Labute approximate surface area is 97.2 Å². The SMILES string of the molecule is C=C1CC(C)(C)C=C(N2CCNCC2)C1=O. The number of hydrogen-bond donors (Lipinski definition) is 1. The highest BCUT2D eigenvalue weighted by Gasteiger charge is 2.31. The van der Waals surface area contributed by atoms with E-state index < -0.39 is 0 Å². The lowest BCUT2D eigenvalue weighted by Crippen LogP contribution is -2.45. The van der Waals surface area contributed by atoms with Gasteiger partial charge in [0.15, 0.2) is 0 Å². The van der Waals surface area contributed by atoms with Gasteiger partial charge < -0.3 is 10.2 Å². The monoisotopic (exact) mass is 220 g/mol. The van der Waals surface area contributed by atoms with E-state index in [0.29, 0.717) is 0 Å². The summed E-state index contributed by atoms with van der Waals surface area (Å²) in [5, 5.41) is 3.30. The molecule has 2 aliphatic rings. The maximum Gasteiger partial charge on any atom is 0.204 e. The molecule has 2 rings (SSSR count). The summed E-state index contributed by atoms with van der Waals surface area (Å²) in [6, 6.07) is 0. The second kappa shape index (κ2) is 4.06. The Kier molecular flexibility index (Phi) is 2.89. The Morgan fingerprint density at radius 1 is 1.38 bits per heavy atom. The molecule has 0 aromatic carbocycles. The number of piperazine rings is 1. The number of ketones is 1. The van der Waals surface area contributed by atoms with E-state index in [0.717, 1.165) is 43.9 Å². The van der Waals surface area contributed by atoms with Crippen molar-refractivity contribution < 1.29 is 4.79 Å². The Balaban J connectivity index is 2.26. The van der Waals surface area contributed by atoms with Crippen LogP contribution in [0.4, 0.5) is 0 Å². The molecule has 1 N–H and O–H groups in total. The van der Waals surface area contributed by atoms with Crippen molar-refractivity contribution in [3.05, 3.63) is 23.9 Å². The van der Waals surface area contributed by atoms with E-state index in [1.165, 1.54) is 0 Å². The molecule has 1 saturated heterocycles. The summed E-state index contributed by atoms with van der Waals surface area (Å²) in [6.07, 6.45) is 2.90. The minimum Gasteiger partial charge on any atom is -0.366 e. The van der Waals surface area contributed by atoms with E-state index in [-0.39, 0.29) is 11.2 Å². The first kappa shape index (κ1) is 11.4. The molecule has 0 spiro atoms. The average molecular weight is 220 g/mol. The van der Waals surface area contributed by atoms with E-state index in [1.54, 1.807) is 0 Å². The van der Waals surface area contributed by atoms with Crippen LogP contribution in [0.15, 0.2) is 23.9 Å². The Morgan fingerprint density at radius 2 is 2.00 bits per heavy atom. The number of nitrogens with zero attached hydrogens (tertiary/aromatic N) is 1. The van der Waals surface area contributed by atoms with Crippen molar-refractivity contribution in [1.82, 2.24) is 10.2 Å². The van der Waals surface area contributed by atoms with Crippen LogP contribution in [0.2, 0.25) is 0 Å². The topological polar surface area (TPSA) is 32.3 Å². The van der Waals surface area contributed by atoms with Crippen molar-refractivity contribution in [2.75, 3.05) is 26.2 Å². The summed E-state index contributed by atoms with van der Waals surface area (Å²) >= 11 is 0. The summed E-state index contributed by atoms with van der Waals surface area (Å²) < 4.78 is 0. The van der Waals surface area contributed by atoms with Gasteiger partial charge in [0, 0.05) is 26.2 Å². The van der Waals surface area contributed by atoms with Crippen LogP contribution in [0.5, 0.6) is 0 Å². The lowest BCUT2D eigenvalue weighted by Gasteiger charge is -2.36. The van der Waals surface area contributed by atoms with Crippen LogP contribution in [0.3, 0.4) is 0 Å². The molecule has 0 atom stereocenters. The third kappa shape index (κ3) is 2.19. The predicted molar refractivity (Wildman–Crippen MR) is 65.1 cm³/mol. The van der Waals surface area contributed by atoms with Gasteiger partial charge in [-0.1, -0.05) is 26.5 Å². The number of allylic oxidation sites excluding steroid dienone is 2. The van der Waals surface area contributed by atoms with Crippen LogP contribution >= 0.6 is 0 Å². The largest absolute Gasteiger partial charge is 0.366 e. The molecule has 0 aromatic rings. The number of rotatable bonds is 1. The molecule has 1 aliphatic heterocycles. The first-order chi connectivity index (χ1) is 7.49. The van der Waals surface area contributed by atoms with Gasteiger partial charge in [-0.15, -0.1) is 0 Å². The zero-order chi connectivity index (χ0) is 11.8. The van der Waals surface area contributed by atoms with Crippen LogP contribution in [0.1, 0.15) is 20.3 Å². The first-order valence-corrected chi connectivity index (χ1v) is 5.91. The average Bonchev–Trinajstić information content (AvgIpc) is 2.24. The third-order valence-electron chi connectivity index (χ3n) is 3.21. The highest BCUT2D eigenvalue weighted by Crippen LogP contribution is 2.35. The number of Topliss-reactive ketones (excluding diaryl/α,β-unsaturated/α-hetero) is 1. The van der Waals surface area contributed by atoms with Crippen molar-refractivity contribution in [1.29, 1.82) is 0 Å². The lowest BCUT2D eigenvalue weighted by molar-refractivity contribution is -0.114. The van der Waals surface area contributed by atoms with E-state index in [9.17, 15) is 4.79 Å². The molecular weight excluding hydrogens is 200 g/mol. The number of nitrogens with one attached hydrogen (secondary N) is 1. The number of hydrogen-bond acceptors (Lipinski definition) is 3. The lowest BCUT2D eigenvalue weighted by atomic mass is 9.78. The fourth-order valence-electron chi connectivity index (χ4n) is 2.44. The summed E-state index contributed by atoms with van der Waals surface area (Å²) in [7, 11) is 0. The normalized spacial score (nSPS) is 25.6. The maximum atomic E-state index is 12.1. The quantitative estimate of drug-likeness (QED) is 0.677. The van der Waals surface area contributed by atoms with Crippen LogP contribution < -0.4 is 5.32 Å². The maximum absolute atomic E-state index is 12.1. The second-order valence-electron chi connectivity index (χ2n) is 5.36. The molecule has 3 nitrogen and oxygen atoms in total. The molecule has 16 heavy (non-hydrogen) atoms. The third-order valence-corrected chi connectivity index (χ3v) is 3.21. The number of carbonyl (C=O) groups is 1. The Morgan fingerprint density at radius 3 is 2.62 bits per heavy atom. The Hall–Kier alpha value is -1.09. The van der Waals surface area contributed by atoms with E-state index >= 15 is 0 Å². The molecule has 0 unspecified atom stereocenters. The van der Waals surface area contributed by atoms with Gasteiger partial charge in [0.2, 0.25) is 5.78 Å². The fourth-order valence-corrected chi connectivity index (χ4v) is 2.44. The number of carbonyl (C=O) groups excluding carboxylic acids is 1. The molecule has 0 saturated carbocycles. The summed E-state index contributed by atoms with van der Waals surface area (Å²) in [6.45, 7) is 12.0. The molecule has 1 heterocycles. The van der Waals surface area contributed by atoms with Gasteiger partial charge in [-0.05, 0) is 17.4 Å². The van der Waals surface area contributed by atoms with Crippen molar-refractivity contribution >= 4 is 5.78 Å². The second-order valence-corrected chi connectivity index (χ2v) is 5.36. The van der Waals surface area contributed by atoms with Gasteiger partial charge in [-0.2, -0.15) is 0 Å². The van der Waals surface area contributed by atoms with Crippen LogP contribution in [0.25, 0.3) is 0 Å². The molecule has 1 aliphatic carbocycles. The molecule has 88 valence electrons. The van der Waals surface area contributed by atoms with E-state index in [4.69, 9.17) is 0 Å². The van der Waals surface area contributed by atoms with Crippen LogP contribution in [-0.4, -0.2) is 36.9 Å². The van der Waals surface area contributed by atoms with E-state index in [1.807, 2.05) is 0 Å².